The first-order chi connectivity index (χ1) is 15.8. The first-order valence-electron chi connectivity index (χ1n) is 9.22. The van der Waals surface area contributed by atoms with E-state index in [2.05, 4.69) is 25.6 Å². The SMILES string of the molecule is O=C(Nc1ccc(Oc2cc(-c3ncco3)ncn2)cc1)Nc1ccc(Cl)c(C(F)(F)F)c1. The van der Waals surface area contributed by atoms with Gasteiger partial charge in [0.25, 0.3) is 0 Å². The van der Waals surface area contributed by atoms with Crippen LogP contribution in [0.5, 0.6) is 11.6 Å². The molecule has 12 heteroatoms. The average Bonchev–Trinajstić information content (AvgIpc) is 3.31. The maximum absolute atomic E-state index is 13.0. The molecule has 33 heavy (non-hydrogen) atoms. The summed E-state index contributed by atoms with van der Waals surface area (Å²) in [6, 6.07) is 10.2. The van der Waals surface area contributed by atoms with E-state index < -0.39 is 22.8 Å². The maximum Gasteiger partial charge on any atom is 0.417 e. The lowest BCUT2D eigenvalue weighted by molar-refractivity contribution is -0.137. The number of nitrogens with one attached hydrogen (secondary N) is 2. The van der Waals surface area contributed by atoms with Gasteiger partial charge in [0.05, 0.1) is 16.8 Å². The fourth-order valence-corrected chi connectivity index (χ4v) is 2.93. The van der Waals surface area contributed by atoms with E-state index in [-0.39, 0.29) is 11.6 Å². The monoisotopic (exact) mass is 475 g/mol. The number of alkyl halides is 3. The van der Waals surface area contributed by atoms with E-state index in [1.165, 1.54) is 24.9 Å². The zero-order valence-electron chi connectivity index (χ0n) is 16.4. The van der Waals surface area contributed by atoms with E-state index in [9.17, 15) is 18.0 Å². The van der Waals surface area contributed by atoms with Gasteiger partial charge in [0, 0.05) is 17.4 Å². The van der Waals surface area contributed by atoms with E-state index in [0.29, 0.717) is 23.0 Å². The molecule has 0 unspecified atom stereocenters. The summed E-state index contributed by atoms with van der Waals surface area (Å²) in [5, 5.41) is 4.39. The highest BCUT2D eigenvalue weighted by molar-refractivity contribution is 6.31. The van der Waals surface area contributed by atoms with Crippen molar-refractivity contribution >= 4 is 29.0 Å². The normalized spacial score (nSPS) is 11.2. The molecular formula is C21H13ClF3N5O3. The van der Waals surface area contributed by atoms with Gasteiger partial charge < -0.3 is 19.8 Å². The Kier molecular flexibility index (Phi) is 6.13. The van der Waals surface area contributed by atoms with Crippen molar-refractivity contribution < 1.29 is 27.1 Å². The molecule has 2 amide bonds. The second kappa shape index (κ2) is 9.17. The molecule has 2 N–H and O–H groups in total. The van der Waals surface area contributed by atoms with E-state index >= 15 is 0 Å². The van der Waals surface area contributed by atoms with E-state index in [0.717, 1.165) is 12.1 Å². The number of oxazole rings is 1. The molecule has 0 aliphatic carbocycles. The second-order valence-electron chi connectivity index (χ2n) is 6.48. The van der Waals surface area contributed by atoms with E-state index in [4.69, 9.17) is 20.8 Å². The molecule has 0 aliphatic rings. The number of hydrogen-bond acceptors (Lipinski definition) is 6. The molecular weight excluding hydrogens is 463 g/mol. The zero-order valence-corrected chi connectivity index (χ0v) is 17.2. The largest absolute Gasteiger partial charge is 0.443 e. The van der Waals surface area contributed by atoms with Gasteiger partial charge in [0.1, 0.15) is 24.0 Å². The van der Waals surface area contributed by atoms with Crippen LogP contribution in [0, 0.1) is 0 Å². The van der Waals surface area contributed by atoms with Crippen LogP contribution in [0.2, 0.25) is 5.02 Å². The number of ether oxygens (including phenoxy) is 1. The Morgan fingerprint density at radius 2 is 1.70 bits per heavy atom. The molecule has 0 radical (unpaired) electrons. The zero-order chi connectivity index (χ0) is 23.4. The first-order valence-corrected chi connectivity index (χ1v) is 9.60. The standard InChI is InChI=1S/C21H13ClF3N5O3/c22-16-6-3-13(9-15(16)21(23,24)25)30-20(31)29-12-1-4-14(5-2-12)33-18-10-17(27-11-28-18)19-26-7-8-32-19/h1-11H,(H2,29,30,31). The van der Waals surface area contributed by atoms with Crippen LogP contribution >= 0.6 is 11.6 Å². The van der Waals surface area contributed by atoms with Gasteiger partial charge in [-0.3, -0.25) is 0 Å². The number of hydrogen-bond donors (Lipinski definition) is 2. The molecule has 0 aliphatic heterocycles. The Balaban J connectivity index is 1.38. The van der Waals surface area contributed by atoms with Gasteiger partial charge in [-0.1, -0.05) is 11.6 Å². The van der Waals surface area contributed by atoms with Crippen LogP contribution in [0.3, 0.4) is 0 Å². The van der Waals surface area contributed by atoms with Gasteiger partial charge >= 0.3 is 12.2 Å². The van der Waals surface area contributed by atoms with Gasteiger partial charge in [0.2, 0.25) is 11.8 Å². The number of benzene rings is 2. The van der Waals surface area contributed by atoms with Crippen LogP contribution in [0.25, 0.3) is 11.6 Å². The number of halogens is 4. The fraction of sp³-hybridized carbons (Fsp3) is 0.0476. The Morgan fingerprint density at radius 1 is 0.970 bits per heavy atom. The molecule has 0 spiro atoms. The molecule has 8 nitrogen and oxygen atoms in total. The Hall–Kier alpha value is -4.12. The number of urea groups is 1. The highest BCUT2D eigenvalue weighted by atomic mass is 35.5. The van der Waals surface area contributed by atoms with Crippen molar-refractivity contribution in [3.05, 3.63) is 77.9 Å². The number of nitrogens with zero attached hydrogens (tertiary/aromatic N) is 3. The quantitative estimate of drug-likeness (QED) is 0.354. The van der Waals surface area contributed by atoms with Crippen molar-refractivity contribution in [2.75, 3.05) is 10.6 Å². The lowest BCUT2D eigenvalue weighted by Gasteiger charge is -2.12. The van der Waals surface area contributed by atoms with Crippen molar-refractivity contribution in [2.24, 2.45) is 0 Å². The van der Waals surface area contributed by atoms with Gasteiger partial charge in [-0.05, 0) is 42.5 Å². The van der Waals surface area contributed by atoms with Gasteiger partial charge in [-0.2, -0.15) is 13.2 Å². The van der Waals surface area contributed by atoms with Crippen LogP contribution in [0.4, 0.5) is 29.3 Å². The third-order valence-corrected chi connectivity index (χ3v) is 4.49. The third-order valence-electron chi connectivity index (χ3n) is 4.16. The molecule has 2 aromatic carbocycles. The Bertz CT molecular complexity index is 1270. The molecule has 2 aromatic heterocycles. The van der Waals surface area contributed by atoms with E-state index in [1.807, 2.05) is 0 Å². The van der Waals surface area contributed by atoms with Crippen molar-refractivity contribution in [1.29, 1.82) is 0 Å². The minimum atomic E-state index is -4.64. The molecule has 0 fully saturated rings. The number of anilines is 2. The number of carbonyl (C=O) groups is 1. The number of amides is 2. The average molecular weight is 476 g/mol. The number of aromatic nitrogens is 3. The summed E-state index contributed by atoms with van der Waals surface area (Å²) in [4.78, 5) is 24.2. The first kappa shape index (κ1) is 22.1. The highest BCUT2D eigenvalue weighted by Gasteiger charge is 2.33. The van der Waals surface area contributed by atoms with Crippen LogP contribution in [-0.2, 0) is 6.18 Å². The van der Waals surface area contributed by atoms with Crippen LogP contribution in [0.1, 0.15) is 5.56 Å². The van der Waals surface area contributed by atoms with Crippen molar-refractivity contribution in [3.63, 3.8) is 0 Å². The minimum absolute atomic E-state index is 0.0604. The van der Waals surface area contributed by atoms with Crippen LogP contribution < -0.4 is 15.4 Å². The molecule has 0 bridgehead atoms. The minimum Gasteiger partial charge on any atom is -0.443 e. The van der Waals surface area contributed by atoms with Gasteiger partial charge in [0.15, 0.2) is 0 Å². The molecule has 0 atom stereocenters. The third kappa shape index (κ3) is 5.57. The van der Waals surface area contributed by atoms with Crippen LogP contribution in [-0.4, -0.2) is 21.0 Å². The molecule has 4 rings (SSSR count). The summed E-state index contributed by atoms with van der Waals surface area (Å²) in [5.41, 5.74) is -0.280. The fourth-order valence-electron chi connectivity index (χ4n) is 2.70. The van der Waals surface area contributed by atoms with Crippen molar-refractivity contribution in [3.8, 4) is 23.2 Å². The van der Waals surface area contributed by atoms with Crippen molar-refractivity contribution in [1.82, 2.24) is 15.0 Å². The number of carbonyl (C=O) groups excluding carboxylic acids is 1. The summed E-state index contributed by atoms with van der Waals surface area (Å²) >= 11 is 5.58. The highest BCUT2D eigenvalue weighted by Crippen LogP contribution is 2.36. The summed E-state index contributed by atoms with van der Waals surface area (Å²) in [5.74, 6) is 0.987. The van der Waals surface area contributed by atoms with Gasteiger partial charge in [-0.25, -0.2) is 19.7 Å². The number of rotatable bonds is 5. The lowest BCUT2D eigenvalue weighted by atomic mass is 10.2. The summed E-state index contributed by atoms with van der Waals surface area (Å²) in [7, 11) is 0. The molecule has 2 heterocycles. The summed E-state index contributed by atoms with van der Waals surface area (Å²) < 4.78 is 49.7. The Labute approximate surface area is 189 Å². The van der Waals surface area contributed by atoms with Crippen molar-refractivity contribution in [2.45, 2.75) is 6.18 Å². The molecule has 168 valence electrons. The summed E-state index contributed by atoms with van der Waals surface area (Å²) in [6.45, 7) is 0. The predicted octanol–water partition coefficient (Wildman–Crippen LogP) is 6.24. The lowest BCUT2D eigenvalue weighted by Crippen LogP contribution is -2.19. The topological polar surface area (TPSA) is 102 Å². The predicted molar refractivity (Wildman–Crippen MR) is 113 cm³/mol. The summed E-state index contributed by atoms with van der Waals surface area (Å²) in [6.07, 6.45) is -0.430. The maximum atomic E-state index is 13.0. The van der Waals surface area contributed by atoms with Gasteiger partial charge in [-0.15, -0.1) is 0 Å². The Morgan fingerprint density at radius 3 is 2.39 bits per heavy atom. The second-order valence-corrected chi connectivity index (χ2v) is 6.88. The van der Waals surface area contributed by atoms with Crippen LogP contribution in [0.15, 0.2) is 71.7 Å². The van der Waals surface area contributed by atoms with E-state index in [1.54, 1.807) is 30.3 Å². The smallest absolute Gasteiger partial charge is 0.417 e. The molecule has 4 aromatic rings. The molecule has 0 saturated carbocycles. The molecule has 0 saturated heterocycles.